The smallest absolute Gasteiger partial charge is 0.370 e. The van der Waals surface area contributed by atoms with Gasteiger partial charge < -0.3 is 5.32 Å². The van der Waals surface area contributed by atoms with Crippen molar-refractivity contribution in [2.75, 3.05) is 11.9 Å². The lowest BCUT2D eigenvalue weighted by atomic mass is 10.1. The van der Waals surface area contributed by atoms with Crippen LogP contribution in [0.25, 0.3) is 10.9 Å². The average molecular weight is 254 g/mol. The first-order valence-electron chi connectivity index (χ1n) is 5.64. The maximum Gasteiger partial charge on any atom is 0.416 e. The topological polar surface area (TPSA) is 24.9 Å². The molecule has 1 aromatic heterocycles. The van der Waals surface area contributed by atoms with Gasteiger partial charge in [-0.1, -0.05) is 0 Å². The lowest BCUT2D eigenvalue weighted by molar-refractivity contribution is -0.137. The summed E-state index contributed by atoms with van der Waals surface area (Å²) in [7, 11) is 0. The Balaban J connectivity index is 2.56. The van der Waals surface area contributed by atoms with Crippen molar-refractivity contribution in [3.05, 3.63) is 35.4 Å². The number of hydrogen-bond donors (Lipinski definition) is 1. The number of aryl methyl sites for hydroxylation is 1. The standard InChI is InChI=1S/C13H13F3N2/c1-3-17-12-8(2)6-9-7-10(13(14,15)16)4-5-11(9)18-12/h4-7H,3H2,1-2H3,(H,17,18). The first-order valence-corrected chi connectivity index (χ1v) is 5.64. The maximum atomic E-state index is 12.6. The molecule has 96 valence electrons. The van der Waals surface area contributed by atoms with Crippen LogP contribution in [0.5, 0.6) is 0 Å². The molecule has 0 radical (unpaired) electrons. The molecule has 1 aromatic carbocycles. The quantitative estimate of drug-likeness (QED) is 0.876. The second-order valence-electron chi connectivity index (χ2n) is 4.09. The van der Waals surface area contributed by atoms with Crippen LogP contribution in [0.2, 0.25) is 0 Å². The fraction of sp³-hybridized carbons (Fsp3) is 0.308. The van der Waals surface area contributed by atoms with Crippen molar-refractivity contribution in [1.29, 1.82) is 0 Å². The lowest BCUT2D eigenvalue weighted by Gasteiger charge is -2.10. The molecular formula is C13H13F3N2. The van der Waals surface area contributed by atoms with Gasteiger partial charge in [-0.3, -0.25) is 0 Å². The summed E-state index contributed by atoms with van der Waals surface area (Å²) in [5, 5.41) is 3.58. The van der Waals surface area contributed by atoms with Gasteiger partial charge in [0, 0.05) is 11.9 Å². The van der Waals surface area contributed by atoms with Gasteiger partial charge in [-0.2, -0.15) is 13.2 Å². The Morgan fingerprint density at radius 1 is 1.22 bits per heavy atom. The van der Waals surface area contributed by atoms with Crippen LogP contribution in [0, 0.1) is 6.92 Å². The fourth-order valence-electron chi connectivity index (χ4n) is 1.80. The van der Waals surface area contributed by atoms with E-state index in [1.807, 2.05) is 13.8 Å². The summed E-state index contributed by atoms with van der Waals surface area (Å²) in [5.41, 5.74) is 0.751. The Morgan fingerprint density at radius 3 is 2.56 bits per heavy atom. The summed E-state index contributed by atoms with van der Waals surface area (Å²) in [6.45, 7) is 4.49. The largest absolute Gasteiger partial charge is 0.416 e. The first kappa shape index (κ1) is 12.7. The lowest BCUT2D eigenvalue weighted by Crippen LogP contribution is -2.05. The van der Waals surface area contributed by atoms with Crippen LogP contribution in [0.15, 0.2) is 24.3 Å². The second kappa shape index (κ2) is 4.48. The molecule has 0 aliphatic heterocycles. The van der Waals surface area contributed by atoms with Crippen molar-refractivity contribution in [3.8, 4) is 0 Å². The molecule has 0 amide bonds. The van der Waals surface area contributed by atoms with Gasteiger partial charge in [-0.25, -0.2) is 4.98 Å². The third kappa shape index (κ3) is 2.39. The monoisotopic (exact) mass is 254 g/mol. The second-order valence-corrected chi connectivity index (χ2v) is 4.09. The molecule has 0 fully saturated rings. The number of aromatic nitrogens is 1. The SMILES string of the molecule is CCNc1nc2ccc(C(F)(F)F)cc2cc1C. The van der Waals surface area contributed by atoms with Crippen molar-refractivity contribution in [1.82, 2.24) is 4.98 Å². The predicted octanol–water partition coefficient (Wildman–Crippen LogP) is 3.99. The molecule has 0 aliphatic rings. The van der Waals surface area contributed by atoms with Gasteiger partial charge in [0.05, 0.1) is 11.1 Å². The van der Waals surface area contributed by atoms with E-state index >= 15 is 0 Å². The van der Waals surface area contributed by atoms with E-state index in [1.165, 1.54) is 6.07 Å². The van der Waals surface area contributed by atoms with Crippen molar-refractivity contribution < 1.29 is 13.2 Å². The number of fused-ring (bicyclic) bond motifs is 1. The summed E-state index contributed by atoms with van der Waals surface area (Å²) in [5.74, 6) is 0.713. The highest BCUT2D eigenvalue weighted by Gasteiger charge is 2.30. The normalized spacial score (nSPS) is 11.8. The fourth-order valence-corrected chi connectivity index (χ4v) is 1.80. The Labute approximate surface area is 103 Å². The summed E-state index contributed by atoms with van der Waals surface area (Å²) in [4.78, 5) is 4.31. The Kier molecular flexibility index (Phi) is 3.15. The van der Waals surface area contributed by atoms with Crippen LogP contribution in [-0.2, 0) is 6.18 Å². The third-order valence-corrected chi connectivity index (χ3v) is 2.68. The minimum Gasteiger partial charge on any atom is -0.370 e. The van der Waals surface area contributed by atoms with Gasteiger partial charge in [0.2, 0.25) is 0 Å². The van der Waals surface area contributed by atoms with Crippen molar-refractivity contribution in [3.63, 3.8) is 0 Å². The molecule has 0 spiro atoms. The van der Waals surface area contributed by atoms with E-state index in [9.17, 15) is 13.2 Å². The molecule has 2 nitrogen and oxygen atoms in total. The number of pyridine rings is 1. The molecule has 0 unspecified atom stereocenters. The van der Waals surface area contributed by atoms with Crippen molar-refractivity contribution in [2.24, 2.45) is 0 Å². The van der Waals surface area contributed by atoms with E-state index in [2.05, 4.69) is 10.3 Å². The van der Waals surface area contributed by atoms with E-state index in [4.69, 9.17) is 0 Å². The Hall–Kier alpha value is -1.78. The van der Waals surface area contributed by atoms with Crippen LogP contribution in [0.1, 0.15) is 18.1 Å². The summed E-state index contributed by atoms with van der Waals surface area (Å²) in [6.07, 6.45) is -4.32. The summed E-state index contributed by atoms with van der Waals surface area (Å²) < 4.78 is 37.8. The van der Waals surface area contributed by atoms with Gasteiger partial charge in [-0.15, -0.1) is 0 Å². The zero-order valence-electron chi connectivity index (χ0n) is 10.1. The minimum absolute atomic E-state index is 0.504. The van der Waals surface area contributed by atoms with Crippen molar-refractivity contribution >= 4 is 16.7 Å². The highest BCUT2D eigenvalue weighted by Crippen LogP contribution is 2.31. The van der Waals surface area contributed by atoms with Crippen LogP contribution >= 0.6 is 0 Å². The molecule has 0 saturated heterocycles. The van der Waals surface area contributed by atoms with Crippen LogP contribution in [0.3, 0.4) is 0 Å². The zero-order chi connectivity index (χ0) is 13.3. The molecule has 0 bridgehead atoms. The van der Waals surface area contributed by atoms with E-state index in [0.29, 0.717) is 16.7 Å². The number of anilines is 1. The molecule has 1 N–H and O–H groups in total. The number of nitrogens with zero attached hydrogens (tertiary/aromatic N) is 1. The Morgan fingerprint density at radius 2 is 1.94 bits per heavy atom. The highest BCUT2D eigenvalue weighted by molar-refractivity contribution is 5.82. The molecule has 18 heavy (non-hydrogen) atoms. The van der Waals surface area contributed by atoms with Gasteiger partial charge in [0.1, 0.15) is 5.82 Å². The highest BCUT2D eigenvalue weighted by atomic mass is 19.4. The number of nitrogens with one attached hydrogen (secondary N) is 1. The first-order chi connectivity index (χ1) is 8.41. The average Bonchev–Trinajstić information content (AvgIpc) is 2.28. The molecule has 0 aliphatic carbocycles. The van der Waals surface area contributed by atoms with E-state index in [1.54, 1.807) is 6.07 Å². The molecule has 2 rings (SSSR count). The van der Waals surface area contributed by atoms with Crippen LogP contribution < -0.4 is 5.32 Å². The number of benzene rings is 1. The molecule has 2 aromatic rings. The van der Waals surface area contributed by atoms with Gasteiger partial charge >= 0.3 is 6.18 Å². The molecule has 0 atom stereocenters. The van der Waals surface area contributed by atoms with Gasteiger partial charge in [-0.05, 0) is 43.7 Å². The van der Waals surface area contributed by atoms with Gasteiger partial charge in [0.15, 0.2) is 0 Å². The molecular weight excluding hydrogens is 241 g/mol. The number of halogens is 3. The molecule has 5 heteroatoms. The van der Waals surface area contributed by atoms with E-state index in [0.717, 1.165) is 24.2 Å². The maximum absolute atomic E-state index is 12.6. The minimum atomic E-state index is -4.32. The van der Waals surface area contributed by atoms with E-state index in [-0.39, 0.29) is 0 Å². The van der Waals surface area contributed by atoms with Gasteiger partial charge in [0.25, 0.3) is 0 Å². The summed E-state index contributed by atoms with van der Waals surface area (Å²) >= 11 is 0. The number of hydrogen-bond acceptors (Lipinski definition) is 2. The van der Waals surface area contributed by atoms with Crippen LogP contribution in [0.4, 0.5) is 19.0 Å². The summed E-state index contributed by atoms with van der Waals surface area (Å²) in [6, 6.07) is 5.31. The Bertz CT molecular complexity index is 576. The number of alkyl halides is 3. The molecule has 1 heterocycles. The third-order valence-electron chi connectivity index (χ3n) is 2.68. The van der Waals surface area contributed by atoms with Crippen molar-refractivity contribution in [2.45, 2.75) is 20.0 Å². The molecule has 0 saturated carbocycles. The predicted molar refractivity (Wildman–Crippen MR) is 65.6 cm³/mol. The number of rotatable bonds is 2. The zero-order valence-corrected chi connectivity index (χ0v) is 10.1. The van der Waals surface area contributed by atoms with Crippen LogP contribution in [-0.4, -0.2) is 11.5 Å². The van der Waals surface area contributed by atoms with E-state index < -0.39 is 11.7 Å².